The Hall–Kier alpha value is -2.58. The van der Waals surface area contributed by atoms with Gasteiger partial charge >= 0.3 is 0 Å². The van der Waals surface area contributed by atoms with E-state index in [9.17, 15) is 9.59 Å². The summed E-state index contributed by atoms with van der Waals surface area (Å²) in [6, 6.07) is 6.65. The number of amides is 2. The lowest BCUT2D eigenvalue weighted by Gasteiger charge is -2.08. The van der Waals surface area contributed by atoms with Crippen LogP contribution in [0.25, 0.3) is 0 Å². The number of hydrogen-bond acceptors (Lipinski definition) is 6. The Morgan fingerprint density at radius 3 is 1.58 bits per heavy atom. The van der Waals surface area contributed by atoms with E-state index >= 15 is 0 Å². The summed E-state index contributed by atoms with van der Waals surface area (Å²) in [5, 5.41) is 6.44. The highest BCUT2D eigenvalue weighted by Gasteiger charge is 2.18. The third-order valence-electron chi connectivity index (χ3n) is 3.10. The molecule has 1 aromatic carbocycles. The molecule has 6 nitrogen and oxygen atoms in total. The molecule has 0 aliphatic carbocycles. The number of aromatic nitrogens is 2. The highest BCUT2D eigenvalue weighted by atomic mass is 32.1. The molecule has 0 saturated heterocycles. The molecule has 0 spiro atoms. The normalized spacial score (nSPS) is 10.4. The molecule has 2 amide bonds. The van der Waals surface area contributed by atoms with Crippen molar-refractivity contribution in [1.29, 1.82) is 0 Å². The fourth-order valence-electron chi connectivity index (χ4n) is 2.03. The van der Waals surface area contributed by atoms with Crippen molar-refractivity contribution in [3.05, 3.63) is 57.5 Å². The molecule has 0 aliphatic rings. The van der Waals surface area contributed by atoms with Gasteiger partial charge in [0, 0.05) is 22.1 Å². The van der Waals surface area contributed by atoms with E-state index in [4.69, 9.17) is 0 Å². The zero-order valence-corrected chi connectivity index (χ0v) is 14.6. The minimum atomic E-state index is -0.370. The molecule has 3 rings (SSSR count). The Labute approximate surface area is 146 Å². The van der Waals surface area contributed by atoms with Crippen molar-refractivity contribution in [2.75, 3.05) is 10.6 Å². The lowest BCUT2D eigenvalue weighted by Crippen LogP contribution is -2.20. The summed E-state index contributed by atoms with van der Waals surface area (Å²) >= 11 is 2.76. The molecule has 24 heavy (non-hydrogen) atoms. The third-order valence-corrected chi connectivity index (χ3v) is 4.76. The van der Waals surface area contributed by atoms with Gasteiger partial charge in [0.15, 0.2) is 10.3 Å². The van der Waals surface area contributed by atoms with Crippen LogP contribution in [-0.4, -0.2) is 21.8 Å². The van der Waals surface area contributed by atoms with Crippen LogP contribution in [0.4, 0.5) is 10.3 Å². The highest BCUT2D eigenvalue weighted by molar-refractivity contribution is 7.16. The second-order valence-corrected chi connectivity index (χ2v) is 7.48. The number of rotatable bonds is 4. The largest absolute Gasteiger partial charge is 0.298 e. The number of nitrogens with one attached hydrogen (secondary N) is 2. The van der Waals surface area contributed by atoms with Crippen LogP contribution in [0.5, 0.6) is 0 Å². The van der Waals surface area contributed by atoms with Crippen LogP contribution >= 0.6 is 22.7 Å². The minimum Gasteiger partial charge on any atom is -0.298 e. The predicted octanol–water partition coefficient (Wildman–Crippen LogP) is 3.72. The Morgan fingerprint density at radius 2 is 1.25 bits per heavy atom. The van der Waals surface area contributed by atoms with E-state index in [1.807, 2.05) is 13.8 Å². The smallest absolute Gasteiger partial charge is 0.258 e. The second-order valence-electron chi connectivity index (χ2n) is 5.01. The number of anilines is 2. The van der Waals surface area contributed by atoms with E-state index in [0.717, 1.165) is 9.75 Å². The van der Waals surface area contributed by atoms with Crippen molar-refractivity contribution in [3.63, 3.8) is 0 Å². The van der Waals surface area contributed by atoms with E-state index in [1.54, 1.807) is 36.7 Å². The van der Waals surface area contributed by atoms with Crippen molar-refractivity contribution in [3.8, 4) is 0 Å². The molecule has 2 aromatic heterocycles. The van der Waals surface area contributed by atoms with Crippen molar-refractivity contribution >= 4 is 44.8 Å². The molecule has 0 bridgehead atoms. The first-order valence-corrected chi connectivity index (χ1v) is 8.73. The fourth-order valence-corrected chi connectivity index (χ4v) is 3.35. The van der Waals surface area contributed by atoms with Gasteiger partial charge in [0.25, 0.3) is 11.8 Å². The summed E-state index contributed by atoms with van der Waals surface area (Å²) in [6.45, 7) is 3.81. The standard InChI is InChI=1S/C16H14N4O2S2/c1-9-7-17-15(23-9)19-13(21)11-5-3-4-6-12(11)14(22)20-16-18-8-10(2)24-16/h3-8H,1-2H3,(H,17,19,21)(H,18,20,22). The average molecular weight is 358 g/mol. The quantitative estimate of drug-likeness (QED) is 0.744. The van der Waals surface area contributed by atoms with Gasteiger partial charge in [-0.2, -0.15) is 0 Å². The second kappa shape index (κ2) is 6.90. The van der Waals surface area contributed by atoms with Crippen LogP contribution in [0.15, 0.2) is 36.7 Å². The van der Waals surface area contributed by atoms with Crippen molar-refractivity contribution in [2.45, 2.75) is 13.8 Å². The van der Waals surface area contributed by atoms with Crippen molar-refractivity contribution in [2.24, 2.45) is 0 Å². The highest BCUT2D eigenvalue weighted by Crippen LogP contribution is 2.21. The maximum Gasteiger partial charge on any atom is 0.258 e. The lowest BCUT2D eigenvalue weighted by molar-refractivity contribution is 0.0990. The lowest BCUT2D eigenvalue weighted by atomic mass is 10.1. The van der Waals surface area contributed by atoms with E-state index in [2.05, 4.69) is 20.6 Å². The van der Waals surface area contributed by atoms with E-state index in [0.29, 0.717) is 10.3 Å². The number of carbonyl (C=O) groups excluding carboxylic acids is 2. The van der Waals surface area contributed by atoms with Gasteiger partial charge in [0.05, 0.1) is 11.1 Å². The molecule has 3 aromatic rings. The molecule has 0 unspecified atom stereocenters. The van der Waals surface area contributed by atoms with Gasteiger partial charge in [-0.3, -0.25) is 20.2 Å². The molecule has 0 fully saturated rings. The van der Waals surface area contributed by atoms with E-state index < -0.39 is 0 Å². The Kier molecular flexibility index (Phi) is 4.68. The Bertz CT molecular complexity index is 828. The SMILES string of the molecule is Cc1cnc(NC(=O)c2ccccc2C(=O)Nc2ncc(C)s2)s1. The number of benzene rings is 1. The van der Waals surface area contributed by atoms with Gasteiger partial charge in [0.2, 0.25) is 0 Å². The molecule has 0 aliphatic heterocycles. The van der Waals surface area contributed by atoms with E-state index in [1.165, 1.54) is 22.7 Å². The molecule has 8 heteroatoms. The monoisotopic (exact) mass is 358 g/mol. The molecular weight excluding hydrogens is 344 g/mol. The summed E-state index contributed by atoms with van der Waals surface area (Å²) in [7, 11) is 0. The average Bonchev–Trinajstić information content (AvgIpc) is 3.15. The van der Waals surface area contributed by atoms with Crippen LogP contribution in [-0.2, 0) is 0 Å². The first kappa shape index (κ1) is 16.3. The van der Waals surface area contributed by atoms with Gasteiger partial charge in [0.1, 0.15) is 0 Å². The summed E-state index contributed by atoms with van der Waals surface area (Å²) < 4.78 is 0. The molecule has 0 saturated carbocycles. The van der Waals surface area contributed by atoms with Crippen LogP contribution in [0.1, 0.15) is 30.5 Å². The fraction of sp³-hybridized carbons (Fsp3) is 0.125. The summed E-state index contributed by atoms with van der Waals surface area (Å²) in [4.78, 5) is 35.1. The van der Waals surface area contributed by atoms with Gasteiger partial charge in [-0.1, -0.05) is 12.1 Å². The van der Waals surface area contributed by atoms with Crippen LogP contribution in [0.3, 0.4) is 0 Å². The Morgan fingerprint density at radius 1 is 0.833 bits per heavy atom. The van der Waals surface area contributed by atoms with E-state index in [-0.39, 0.29) is 22.9 Å². The molecule has 2 heterocycles. The number of thiazole rings is 2. The molecule has 2 N–H and O–H groups in total. The maximum atomic E-state index is 12.5. The summed E-state index contributed by atoms with van der Waals surface area (Å²) in [6.07, 6.45) is 3.37. The first-order chi connectivity index (χ1) is 11.5. The molecule has 0 radical (unpaired) electrons. The van der Waals surface area contributed by atoms with Gasteiger partial charge in [-0.05, 0) is 26.0 Å². The Balaban J connectivity index is 1.81. The number of carbonyl (C=O) groups is 2. The van der Waals surface area contributed by atoms with Gasteiger partial charge in [-0.25, -0.2) is 9.97 Å². The number of aryl methyl sites for hydroxylation is 2. The summed E-state index contributed by atoms with van der Waals surface area (Å²) in [5.74, 6) is -0.740. The number of nitrogens with zero attached hydrogens (tertiary/aromatic N) is 2. The van der Waals surface area contributed by atoms with Crippen LogP contribution in [0, 0.1) is 13.8 Å². The third kappa shape index (κ3) is 3.66. The topological polar surface area (TPSA) is 84.0 Å². The minimum absolute atomic E-state index is 0.288. The number of hydrogen-bond donors (Lipinski definition) is 2. The zero-order chi connectivity index (χ0) is 17.1. The molecule has 122 valence electrons. The molecule has 0 atom stereocenters. The summed E-state index contributed by atoms with van der Waals surface area (Å²) in [5.41, 5.74) is 0.576. The van der Waals surface area contributed by atoms with Crippen LogP contribution < -0.4 is 10.6 Å². The van der Waals surface area contributed by atoms with Gasteiger partial charge < -0.3 is 0 Å². The van der Waals surface area contributed by atoms with Crippen LogP contribution in [0.2, 0.25) is 0 Å². The molecular formula is C16H14N4O2S2. The maximum absolute atomic E-state index is 12.5. The van der Waals surface area contributed by atoms with Crippen molar-refractivity contribution in [1.82, 2.24) is 9.97 Å². The zero-order valence-electron chi connectivity index (χ0n) is 13.0. The van der Waals surface area contributed by atoms with Crippen molar-refractivity contribution < 1.29 is 9.59 Å². The van der Waals surface area contributed by atoms with Gasteiger partial charge in [-0.15, -0.1) is 22.7 Å². The predicted molar refractivity (Wildman–Crippen MR) is 96.1 cm³/mol. The first-order valence-electron chi connectivity index (χ1n) is 7.09.